The van der Waals surface area contributed by atoms with Gasteiger partial charge in [-0.05, 0) is 32.0 Å². The second-order valence-electron chi connectivity index (χ2n) is 6.94. The number of thioether (sulfide) groups is 1. The summed E-state index contributed by atoms with van der Waals surface area (Å²) in [4.78, 5) is 12.8. The van der Waals surface area contributed by atoms with Gasteiger partial charge in [0.2, 0.25) is 5.91 Å². The molecule has 0 aliphatic carbocycles. The molecule has 30 heavy (non-hydrogen) atoms. The SMILES string of the molecule is COc1cccc([C@H]2S[C@H](C)C(=O)Nc3c2c(C)nn3-c2ccccc2Cl)c1OC. The van der Waals surface area contributed by atoms with Gasteiger partial charge in [-0.3, -0.25) is 4.79 Å². The van der Waals surface area contributed by atoms with Crippen LogP contribution in [0.5, 0.6) is 11.5 Å². The maximum absolute atomic E-state index is 12.8. The van der Waals surface area contributed by atoms with Crippen LogP contribution in [-0.4, -0.2) is 35.2 Å². The predicted molar refractivity (Wildman–Crippen MR) is 120 cm³/mol. The van der Waals surface area contributed by atoms with Gasteiger partial charge in [-0.2, -0.15) is 5.10 Å². The van der Waals surface area contributed by atoms with Crippen LogP contribution in [0.4, 0.5) is 5.82 Å². The number of rotatable bonds is 4. The van der Waals surface area contributed by atoms with Gasteiger partial charge in [-0.25, -0.2) is 4.68 Å². The van der Waals surface area contributed by atoms with Gasteiger partial charge in [0, 0.05) is 11.1 Å². The summed E-state index contributed by atoms with van der Waals surface area (Å²) in [7, 11) is 3.23. The lowest BCUT2D eigenvalue weighted by atomic mass is 10.0. The van der Waals surface area contributed by atoms with E-state index in [1.807, 2.05) is 50.2 Å². The van der Waals surface area contributed by atoms with Crippen LogP contribution < -0.4 is 14.8 Å². The first-order chi connectivity index (χ1) is 14.5. The Hall–Kier alpha value is -2.64. The second kappa shape index (κ2) is 8.24. The van der Waals surface area contributed by atoms with E-state index < -0.39 is 0 Å². The first-order valence-corrected chi connectivity index (χ1v) is 10.8. The number of carbonyl (C=O) groups is 1. The molecule has 2 aromatic carbocycles. The Kier molecular flexibility index (Phi) is 5.66. The van der Waals surface area contributed by atoms with Crippen LogP contribution in [0.1, 0.15) is 29.0 Å². The van der Waals surface area contributed by atoms with Crippen LogP contribution in [0.2, 0.25) is 5.02 Å². The van der Waals surface area contributed by atoms with Gasteiger partial charge in [0.1, 0.15) is 5.82 Å². The number of hydrogen-bond donors (Lipinski definition) is 1. The lowest BCUT2D eigenvalue weighted by molar-refractivity contribution is -0.115. The third-order valence-electron chi connectivity index (χ3n) is 5.12. The summed E-state index contributed by atoms with van der Waals surface area (Å²) >= 11 is 7.99. The van der Waals surface area contributed by atoms with Crippen molar-refractivity contribution in [1.82, 2.24) is 9.78 Å². The van der Waals surface area contributed by atoms with Crippen molar-refractivity contribution in [2.24, 2.45) is 0 Å². The van der Waals surface area contributed by atoms with E-state index in [1.165, 1.54) is 0 Å². The van der Waals surface area contributed by atoms with Gasteiger partial charge in [0.25, 0.3) is 0 Å². The Morgan fingerprint density at radius 2 is 1.90 bits per heavy atom. The molecule has 1 aliphatic rings. The minimum absolute atomic E-state index is 0.0844. The fraction of sp³-hybridized carbons (Fsp3) is 0.273. The molecular weight excluding hydrogens is 422 g/mol. The number of aromatic nitrogens is 2. The van der Waals surface area contributed by atoms with E-state index in [2.05, 4.69) is 5.32 Å². The van der Waals surface area contributed by atoms with Crippen molar-refractivity contribution in [3.63, 3.8) is 0 Å². The van der Waals surface area contributed by atoms with Crippen LogP contribution in [0.15, 0.2) is 42.5 Å². The standard InChI is InChI=1S/C22H22ClN3O3S/c1-12-18-20(14-8-7-11-17(28-3)19(14)29-4)30-13(2)22(27)24-21(18)26(25-12)16-10-6-5-9-15(16)23/h5-11,13,20H,1-4H3,(H,24,27)/t13-,20-/m1/s1. The van der Waals surface area contributed by atoms with Crippen LogP contribution in [0.25, 0.3) is 5.69 Å². The number of benzene rings is 2. The van der Waals surface area contributed by atoms with E-state index in [0.717, 1.165) is 16.8 Å². The molecule has 0 saturated heterocycles. The first-order valence-electron chi connectivity index (χ1n) is 9.47. The highest BCUT2D eigenvalue weighted by Gasteiger charge is 2.36. The van der Waals surface area contributed by atoms with Gasteiger partial charge >= 0.3 is 0 Å². The molecule has 0 bridgehead atoms. The van der Waals surface area contributed by atoms with Crippen molar-refractivity contribution >= 4 is 35.1 Å². The van der Waals surface area contributed by atoms with E-state index in [1.54, 1.807) is 36.7 Å². The molecule has 1 amide bonds. The molecule has 156 valence electrons. The highest BCUT2D eigenvalue weighted by Crippen LogP contribution is 2.50. The second-order valence-corrected chi connectivity index (χ2v) is 8.80. The minimum Gasteiger partial charge on any atom is -0.493 e. The fourth-order valence-electron chi connectivity index (χ4n) is 3.67. The monoisotopic (exact) mass is 443 g/mol. The number of carbonyl (C=O) groups excluding carboxylic acids is 1. The Balaban J connectivity index is 1.97. The van der Waals surface area contributed by atoms with Crippen LogP contribution >= 0.6 is 23.4 Å². The number of halogens is 1. The lowest BCUT2D eigenvalue weighted by Crippen LogP contribution is -2.22. The van der Waals surface area contributed by atoms with E-state index >= 15 is 0 Å². The molecule has 0 radical (unpaired) electrons. The molecule has 1 N–H and O–H groups in total. The third-order valence-corrected chi connectivity index (χ3v) is 6.82. The average molecular weight is 444 g/mol. The maximum Gasteiger partial charge on any atom is 0.238 e. The Labute approximate surface area is 184 Å². The fourth-order valence-corrected chi connectivity index (χ4v) is 5.23. The molecule has 0 fully saturated rings. The maximum atomic E-state index is 12.8. The number of methoxy groups -OCH3 is 2. The Bertz CT molecular complexity index is 1120. The van der Waals surface area contributed by atoms with Gasteiger partial charge in [-0.1, -0.05) is 35.9 Å². The minimum atomic E-state index is -0.280. The summed E-state index contributed by atoms with van der Waals surface area (Å²) in [6, 6.07) is 13.2. The number of nitrogens with one attached hydrogen (secondary N) is 1. The summed E-state index contributed by atoms with van der Waals surface area (Å²) in [5.74, 6) is 1.83. The van der Waals surface area contributed by atoms with Gasteiger partial charge < -0.3 is 14.8 Å². The van der Waals surface area contributed by atoms with Crippen molar-refractivity contribution in [3.8, 4) is 17.2 Å². The molecule has 0 saturated carbocycles. The predicted octanol–water partition coefficient (Wildman–Crippen LogP) is 5.01. The van der Waals surface area contributed by atoms with Gasteiger partial charge in [0.15, 0.2) is 11.5 Å². The van der Waals surface area contributed by atoms with Crippen molar-refractivity contribution in [1.29, 1.82) is 0 Å². The third kappa shape index (κ3) is 3.42. The zero-order valence-electron chi connectivity index (χ0n) is 17.1. The molecule has 4 rings (SSSR count). The van der Waals surface area contributed by atoms with E-state index in [-0.39, 0.29) is 16.4 Å². The number of nitrogens with zero attached hydrogens (tertiary/aromatic N) is 2. The molecule has 1 aromatic heterocycles. The summed E-state index contributed by atoms with van der Waals surface area (Å²) in [6.07, 6.45) is 0. The van der Waals surface area contributed by atoms with Crippen molar-refractivity contribution < 1.29 is 14.3 Å². The number of amides is 1. The van der Waals surface area contributed by atoms with Crippen LogP contribution in [-0.2, 0) is 4.79 Å². The molecule has 6 nitrogen and oxygen atoms in total. The summed E-state index contributed by atoms with van der Waals surface area (Å²) in [5, 5.41) is 7.88. The van der Waals surface area contributed by atoms with Crippen LogP contribution in [0, 0.1) is 6.92 Å². The van der Waals surface area contributed by atoms with Crippen LogP contribution in [0.3, 0.4) is 0 Å². The molecule has 8 heteroatoms. The summed E-state index contributed by atoms with van der Waals surface area (Å²) in [6.45, 7) is 3.84. The molecule has 0 spiro atoms. The van der Waals surface area contributed by atoms with E-state index in [9.17, 15) is 4.79 Å². The number of hydrogen-bond acceptors (Lipinski definition) is 5. The van der Waals surface area contributed by atoms with E-state index in [0.29, 0.717) is 28.0 Å². The van der Waals surface area contributed by atoms with Gasteiger partial charge in [-0.15, -0.1) is 11.8 Å². The number of anilines is 1. The Morgan fingerprint density at radius 3 is 2.60 bits per heavy atom. The number of ether oxygens (including phenoxy) is 2. The normalized spacial score (nSPS) is 18.4. The molecule has 2 atom stereocenters. The Morgan fingerprint density at radius 1 is 1.13 bits per heavy atom. The quantitative estimate of drug-likeness (QED) is 0.613. The van der Waals surface area contributed by atoms with Crippen molar-refractivity contribution in [3.05, 3.63) is 64.3 Å². The average Bonchev–Trinajstić information content (AvgIpc) is 2.99. The molecule has 3 aromatic rings. The number of aryl methyl sites for hydroxylation is 1. The first kappa shape index (κ1) is 20.6. The zero-order valence-corrected chi connectivity index (χ0v) is 18.7. The summed E-state index contributed by atoms with van der Waals surface area (Å²) < 4.78 is 12.9. The largest absolute Gasteiger partial charge is 0.493 e. The van der Waals surface area contributed by atoms with E-state index in [4.69, 9.17) is 26.2 Å². The molecular formula is C22H22ClN3O3S. The van der Waals surface area contributed by atoms with Crippen molar-refractivity contribution in [2.75, 3.05) is 19.5 Å². The lowest BCUT2D eigenvalue weighted by Gasteiger charge is -2.21. The molecule has 0 unspecified atom stereocenters. The molecule has 1 aliphatic heterocycles. The van der Waals surface area contributed by atoms with Crippen molar-refractivity contribution in [2.45, 2.75) is 24.3 Å². The van der Waals surface area contributed by atoms with Gasteiger partial charge in [0.05, 0.1) is 41.1 Å². The highest BCUT2D eigenvalue weighted by atomic mass is 35.5. The zero-order chi connectivity index (χ0) is 21.4. The number of fused-ring (bicyclic) bond motifs is 1. The number of para-hydroxylation sites is 2. The highest BCUT2D eigenvalue weighted by molar-refractivity contribution is 8.01. The summed E-state index contributed by atoms with van der Waals surface area (Å²) in [5.41, 5.74) is 3.36. The smallest absolute Gasteiger partial charge is 0.238 e. The topological polar surface area (TPSA) is 65.4 Å². The molecule has 2 heterocycles.